The molecule has 1 aliphatic rings. The van der Waals surface area contributed by atoms with Crippen LogP contribution in [0.2, 0.25) is 0 Å². The summed E-state index contributed by atoms with van der Waals surface area (Å²) in [5, 5.41) is 0. The summed E-state index contributed by atoms with van der Waals surface area (Å²) in [6, 6.07) is 9.88. The van der Waals surface area contributed by atoms with Gasteiger partial charge in [0.15, 0.2) is 5.82 Å². The third-order valence-electron chi connectivity index (χ3n) is 5.03. The van der Waals surface area contributed by atoms with Crippen molar-refractivity contribution in [1.29, 1.82) is 0 Å². The number of nitrogens with zero attached hydrogens (tertiary/aromatic N) is 5. The second kappa shape index (κ2) is 7.70. The van der Waals surface area contributed by atoms with E-state index in [0.29, 0.717) is 6.42 Å². The van der Waals surface area contributed by atoms with E-state index in [9.17, 15) is 4.79 Å². The van der Waals surface area contributed by atoms with Crippen LogP contribution in [0.4, 0.5) is 0 Å². The Morgan fingerprint density at radius 1 is 1.22 bits per heavy atom. The van der Waals surface area contributed by atoms with E-state index in [1.165, 1.54) is 0 Å². The van der Waals surface area contributed by atoms with Crippen molar-refractivity contribution < 1.29 is 4.79 Å². The fourth-order valence-electron chi connectivity index (χ4n) is 3.70. The average Bonchev–Trinajstić information content (AvgIpc) is 3.38. The van der Waals surface area contributed by atoms with E-state index in [4.69, 9.17) is 4.98 Å². The maximum atomic E-state index is 12.9. The Hall–Kier alpha value is -3.02. The van der Waals surface area contributed by atoms with Gasteiger partial charge in [-0.3, -0.25) is 14.3 Å². The van der Waals surface area contributed by atoms with Gasteiger partial charge in [0, 0.05) is 25.4 Å². The lowest BCUT2D eigenvalue weighted by Gasteiger charge is -2.24. The number of hydrogen-bond donors (Lipinski definition) is 0. The molecule has 1 atom stereocenters. The maximum Gasteiger partial charge on any atom is 0.227 e. The molecule has 138 valence electrons. The lowest BCUT2D eigenvalue weighted by atomic mass is 10.1. The zero-order valence-electron chi connectivity index (χ0n) is 15.5. The van der Waals surface area contributed by atoms with E-state index in [-0.39, 0.29) is 11.9 Å². The van der Waals surface area contributed by atoms with E-state index in [1.54, 1.807) is 18.6 Å². The predicted octanol–water partition coefficient (Wildman–Crippen LogP) is 3.13. The Morgan fingerprint density at radius 3 is 2.89 bits per heavy atom. The number of carbonyl (C=O) groups excluding carboxylic acids is 1. The number of benzene rings is 1. The molecule has 0 aliphatic carbocycles. The van der Waals surface area contributed by atoms with E-state index in [2.05, 4.69) is 16.9 Å². The summed E-state index contributed by atoms with van der Waals surface area (Å²) in [7, 11) is 0. The van der Waals surface area contributed by atoms with Gasteiger partial charge < -0.3 is 4.90 Å². The number of amides is 1. The summed E-state index contributed by atoms with van der Waals surface area (Å²) >= 11 is 0. The minimum atomic E-state index is -0.0118. The van der Waals surface area contributed by atoms with Gasteiger partial charge in [0.2, 0.25) is 5.91 Å². The minimum absolute atomic E-state index is 0.0118. The normalized spacial score (nSPS) is 16.6. The first-order valence-corrected chi connectivity index (χ1v) is 9.44. The van der Waals surface area contributed by atoms with Crippen LogP contribution in [0.3, 0.4) is 0 Å². The molecule has 3 heterocycles. The van der Waals surface area contributed by atoms with Crippen LogP contribution < -0.4 is 0 Å². The average molecular weight is 361 g/mol. The number of aromatic nitrogens is 4. The number of hydrogen-bond acceptors (Lipinski definition) is 4. The summed E-state index contributed by atoms with van der Waals surface area (Å²) in [5.74, 6) is 1.85. The largest absolute Gasteiger partial charge is 0.334 e. The Kier molecular flexibility index (Phi) is 4.96. The van der Waals surface area contributed by atoms with Crippen molar-refractivity contribution in [3.63, 3.8) is 0 Å². The molecule has 0 bridgehead atoms. The molecule has 1 fully saturated rings. The maximum absolute atomic E-state index is 12.9. The lowest BCUT2D eigenvalue weighted by molar-refractivity contribution is -0.131. The molecular formula is C21H23N5O. The van der Waals surface area contributed by atoms with Crippen molar-refractivity contribution in [3.8, 4) is 5.82 Å². The van der Waals surface area contributed by atoms with Crippen molar-refractivity contribution in [3.05, 3.63) is 72.2 Å². The van der Waals surface area contributed by atoms with E-state index in [0.717, 1.165) is 48.7 Å². The van der Waals surface area contributed by atoms with Crippen molar-refractivity contribution >= 4 is 5.91 Å². The number of carbonyl (C=O) groups is 1. The molecule has 0 saturated carbocycles. The molecule has 0 N–H and O–H groups in total. The second-order valence-corrected chi connectivity index (χ2v) is 6.78. The molecule has 0 spiro atoms. The van der Waals surface area contributed by atoms with Gasteiger partial charge in [0.05, 0.1) is 30.6 Å². The highest BCUT2D eigenvalue weighted by molar-refractivity contribution is 5.79. The Bertz CT molecular complexity index is 921. The van der Waals surface area contributed by atoms with E-state index >= 15 is 0 Å². The van der Waals surface area contributed by atoms with Crippen LogP contribution in [0.5, 0.6) is 0 Å². The predicted molar refractivity (Wildman–Crippen MR) is 102 cm³/mol. The van der Waals surface area contributed by atoms with Crippen molar-refractivity contribution in [1.82, 2.24) is 24.4 Å². The summed E-state index contributed by atoms with van der Waals surface area (Å²) in [5.41, 5.74) is 1.89. The van der Waals surface area contributed by atoms with Crippen LogP contribution in [-0.4, -0.2) is 36.9 Å². The smallest absolute Gasteiger partial charge is 0.227 e. The molecule has 6 nitrogen and oxygen atoms in total. The van der Waals surface area contributed by atoms with Crippen LogP contribution >= 0.6 is 0 Å². The fourth-order valence-corrected chi connectivity index (χ4v) is 3.70. The first-order valence-electron chi connectivity index (χ1n) is 9.44. The zero-order valence-corrected chi connectivity index (χ0v) is 15.5. The summed E-state index contributed by atoms with van der Waals surface area (Å²) in [4.78, 5) is 28.4. The molecular weight excluding hydrogens is 338 g/mol. The summed E-state index contributed by atoms with van der Waals surface area (Å²) in [6.45, 7) is 2.84. The van der Waals surface area contributed by atoms with Gasteiger partial charge in [-0.25, -0.2) is 9.97 Å². The Balaban J connectivity index is 1.57. The van der Waals surface area contributed by atoms with Gasteiger partial charge in [-0.05, 0) is 18.4 Å². The van der Waals surface area contributed by atoms with Crippen LogP contribution in [0.25, 0.3) is 5.82 Å². The molecule has 2 aromatic heterocycles. The number of likely N-dealkylation sites (tertiary alicyclic amines) is 1. The van der Waals surface area contributed by atoms with Crippen molar-refractivity contribution in [2.75, 3.05) is 6.54 Å². The monoisotopic (exact) mass is 361 g/mol. The van der Waals surface area contributed by atoms with Gasteiger partial charge in [-0.2, -0.15) is 0 Å². The topological polar surface area (TPSA) is 63.9 Å². The minimum Gasteiger partial charge on any atom is -0.334 e. The Morgan fingerprint density at radius 2 is 2.07 bits per heavy atom. The second-order valence-electron chi connectivity index (χ2n) is 6.78. The molecule has 1 amide bonds. The van der Waals surface area contributed by atoms with Crippen molar-refractivity contribution in [2.45, 2.75) is 38.6 Å². The van der Waals surface area contributed by atoms with Crippen LogP contribution in [-0.2, 0) is 17.6 Å². The van der Waals surface area contributed by atoms with E-state index in [1.807, 2.05) is 46.0 Å². The first-order chi connectivity index (χ1) is 13.3. The molecule has 1 saturated heterocycles. The summed E-state index contributed by atoms with van der Waals surface area (Å²) in [6.07, 6.45) is 10.4. The molecule has 3 aromatic rings. The van der Waals surface area contributed by atoms with Gasteiger partial charge >= 0.3 is 0 Å². The van der Waals surface area contributed by atoms with Crippen LogP contribution in [0, 0.1) is 0 Å². The molecule has 6 heteroatoms. The van der Waals surface area contributed by atoms with Gasteiger partial charge in [0.25, 0.3) is 0 Å². The lowest BCUT2D eigenvalue weighted by Crippen LogP contribution is -2.32. The highest BCUT2D eigenvalue weighted by Gasteiger charge is 2.31. The van der Waals surface area contributed by atoms with Gasteiger partial charge in [-0.1, -0.05) is 37.3 Å². The van der Waals surface area contributed by atoms with E-state index < -0.39 is 0 Å². The number of aryl methyl sites for hydroxylation is 1. The molecule has 0 radical (unpaired) electrons. The highest BCUT2D eigenvalue weighted by Crippen LogP contribution is 2.31. The van der Waals surface area contributed by atoms with Gasteiger partial charge in [-0.15, -0.1) is 0 Å². The number of imidazole rings is 1. The quantitative estimate of drug-likeness (QED) is 0.700. The zero-order chi connectivity index (χ0) is 18.6. The number of rotatable bonds is 5. The molecule has 4 rings (SSSR count). The van der Waals surface area contributed by atoms with Crippen molar-refractivity contribution in [2.24, 2.45) is 0 Å². The van der Waals surface area contributed by atoms with Crippen LogP contribution in [0.15, 0.2) is 55.1 Å². The third-order valence-corrected chi connectivity index (χ3v) is 5.03. The SMILES string of the molecule is CCc1nccn1-c1cncc([C@H]2CCCN2C(=O)Cc2ccccc2)n1. The van der Waals surface area contributed by atoms with Crippen LogP contribution in [0.1, 0.15) is 42.9 Å². The first kappa shape index (κ1) is 17.4. The molecule has 0 unspecified atom stereocenters. The molecule has 27 heavy (non-hydrogen) atoms. The van der Waals surface area contributed by atoms with Gasteiger partial charge in [0.1, 0.15) is 5.82 Å². The Labute approximate surface area is 158 Å². The third kappa shape index (κ3) is 3.60. The highest BCUT2D eigenvalue weighted by atomic mass is 16.2. The fraction of sp³-hybridized carbons (Fsp3) is 0.333. The molecule has 1 aliphatic heterocycles. The molecule has 1 aromatic carbocycles. The summed E-state index contributed by atoms with van der Waals surface area (Å²) < 4.78 is 1.96. The standard InChI is InChI=1S/C21H23N5O/c1-2-19-23-10-12-26(19)20-15-22-14-17(24-20)18-9-6-11-25(18)21(27)13-16-7-4-3-5-8-16/h3-5,7-8,10,12,14-15,18H,2,6,9,11,13H2,1H3/t18-/m1/s1.